The summed E-state index contributed by atoms with van der Waals surface area (Å²) < 4.78 is 4.25. The van der Waals surface area contributed by atoms with Crippen LogP contribution in [0.25, 0.3) is 11.0 Å². The minimum atomic E-state index is -0.291. The molecular formula is C16H18N6O2. The van der Waals surface area contributed by atoms with E-state index < -0.39 is 0 Å². The lowest BCUT2D eigenvalue weighted by atomic mass is 10.4. The topological polar surface area (TPSA) is 87.1 Å². The Morgan fingerprint density at radius 3 is 2.88 bits per heavy atom. The third-order valence-corrected chi connectivity index (χ3v) is 3.52. The van der Waals surface area contributed by atoms with Crippen LogP contribution >= 0.6 is 0 Å². The van der Waals surface area contributed by atoms with Crippen LogP contribution in [-0.2, 0) is 13.6 Å². The Labute approximate surface area is 137 Å². The molecule has 3 aromatic rings. The fourth-order valence-corrected chi connectivity index (χ4v) is 2.42. The summed E-state index contributed by atoms with van der Waals surface area (Å²) in [7, 11) is 1.71. The minimum Gasteiger partial charge on any atom is -0.289 e. The zero-order valence-corrected chi connectivity index (χ0v) is 13.7. The van der Waals surface area contributed by atoms with E-state index in [-0.39, 0.29) is 24.1 Å². The summed E-state index contributed by atoms with van der Waals surface area (Å²) in [4.78, 5) is 33.7. The van der Waals surface area contributed by atoms with Crippen LogP contribution in [0, 0.1) is 0 Å². The molecule has 0 radical (unpaired) electrons. The molecule has 0 aromatic carbocycles. The molecule has 0 bridgehead atoms. The van der Waals surface area contributed by atoms with E-state index >= 15 is 0 Å². The van der Waals surface area contributed by atoms with Gasteiger partial charge in [0.15, 0.2) is 5.65 Å². The molecule has 0 aliphatic rings. The van der Waals surface area contributed by atoms with E-state index in [4.69, 9.17) is 0 Å². The predicted octanol–water partition coefficient (Wildman–Crippen LogP) is 0.581. The second-order valence-corrected chi connectivity index (χ2v) is 5.73. The molecule has 0 atom stereocenters. The van der Waals surface area contributed by atoms with Crippen molar-refractivity contribution in [1.29, 1.82) is 0 Å². The molecule has 8 heteroatoms. The van der Waals surface area contributed by atoms with Gasteiger partial charge in [-0.2, -0.15) is 5.10 Å². The Balaban J connectivity index is 2.00. The summed E-state index contributed by atoms with van der Waals surface area (Å²) >= 11 is 0. The maximum absolute atomic E-state index is 12.6. The molecule has 0 spiro atoms. The van der Waals surface area contributed by atoms with E-state index in [0.29, 0.717) is 16.5 Å². The molecule has 0 amide bonds. The monoisotopic (exact) mass is 326 g/mol. The van der Waals surface area contributed by atoms with Crippen LogP contribution in [0.5, 0.6) is 0 Å². The van der Waals surface area contributed by atoms with Crippen LogP contribution in [0.4, 0.5) is 0 Å². The number of fused-ring (bicyclic) bond motifs is 1. The Kier molecular flexibility index (Phi) is 4.11. The first kappa shape index (κ1) is 15.9. The largest absolute Gasteiger partial charge is 0.289 e. The number of pyridine rings is 1. The molecule has 0 unspecified atom stereocenters. The summed E-state index contributed by atoms with van der Waals surface area (Å²) in [5.41, 5.74) is 0.757. The first-order valence-electron chi connectivity index (χ1n) is 7.59. The van der Waals surface area contributed by atoms with Gasteiger partial charge in [0.1, 0.15) is 23.7 Å². The van der Waals surface area contributed by atoms with Crippen molar-refractivity contribution in [3.8, 4) is 0 Å². The van der Waals surface area contributed by atoms with Gasteiger partial charge in [-0.15, -0.1) is 0 Å². The molecule has 24 heavy (non-hydrogen) atoms. The number of aromatic nitrogens is 5. The number of rotatable bonds is 3. The molecule has 3 aromatic heterocycles. The molecule has 0 aliphatic heterocycles. The van der Waals surface area contributed by atoms with Crippen LogP contribution < -0.4 is 11.0 Å². The van der Waals surface area contributed by atoms with Crippen molar-refractivity contribution < 1.29 is 4.79 Å². The first-order valence-corrected chi connectivity index (χ1v) is 7.59. The lowest BCUT2D eigenvalue weighted by Crippen LogP contribution is -2.33. The van der Waals surface area contributed by atoms with Crippen LogP contribution in [0.3, 0.4) is 0 Å². The van der Waals surface area contributed by atoms with E-state index in [1.807, 2.05) is 19.9 Å². The molecule has 0 fully saturated rings. The standard InChI is InChI=1S/C16H18N6O2/c1-11(2)19-13-6-4-5-7-22(13)14(23)9-21-10-17-15-12(16(21)24)8-18-20(15)3/h4-8,10-11H,9H2,1-3H3. The Morgan fingerprint density at radius 1 is 1.33 bits per heavy atom. The highest BCUT2D eigenvalue weighted by molar-refractivity contribution is 5.79. The van der Waals surface area contributed by atoms with Crippen molar-refractivity contribution in [1.82, 2.24) is 23.9 Å². The van der Waals surface area contributed by atoms with Gasteiger partial charge < -0.3 is 0 Å². The van der Waals surface area contributed by atoms with E-state index in [1.54, 1.807) is 25.4 Å². The Bertz CT molecular complexity index is 1020. The molecule has 124 valence electrons. The van der Waals surface area contributed by atoms with Gasteiger partial charge in [0.05, 0.1) is 6.20 Å². The highest BCUT2D eigenvalue weighted by Gasteiger charge is 2.12. The van der Waals surface area contributed by atoms with Gasteiger partial charge in [0, 0.05) is 19.3 Å². The SMILES string of the molecule is CC(C)N=c1ccccn1C(=O)Cn1cnc2c(cnn2C)c1=O. The highest BCUT2D eigenvalue weighted by atomic mass is 16.2. The Morgan fingerprint density at radius 2 is 2.12 bits per heavy atom. The number of aryl methyl sites for hydroxylation is 1. The average Bonchev–Trinajstić information content (AvgIpc) is 2.92. The fraction of sp³-hybridized carbons (Fsp3) is 0.312. The number of nitrogens with zero attached hydrogens (tertiary/aromatic N) is 6. The van der Waals surface area contributed by atoms with E-state index in [2.05, 4.69) is 15.1 Å². The third-order valence-electron chi connectivity index (χ3n) is 3.52. The van der Waals surface area contributed by atoms with Gasteiger partial charge in [-0.25, -0.2) is 4.98 Å². The highest BCUT2D eigenvalue weighted by Crippen LogP contribution is 2.03. The smallest absolute Gasteiger partial charge is 0.264 e. The van der Waals surface area contributed by atoms with Crippen LogP contribution in [-0.4, -0.2) is 35.8 Å². The quantitative estimate of drug-likeness (QED) is 0.704. The molecule has 8 nitrogen and oxygen atoms in total. The molecular weight excluding hydrogens is 308 g/mol. The van der Waals surface area contributed by atoms with Gasteiger partial charge in [-0.1, -0.05) is 6.07 Å². The molecule has 0 saturated heterocycles. The maximum Gasteiger partial charge on any atom is 0.264 e. The average molecular weight is 326 g/mol. The predicted molar refractivity (Wildman–Crippen MR) is 88.5 cm³/mol. The van der Waals surface area contributed by atoms with Gasteiger partial charge in [0.25, 0.3) is 11.5 Å². The van der Waals surface area contributed by atoms with Crippen molar-refractivity contribution >= 4 is 16.9 Å². The van der Waals surface area contributed by atoms with Crippen LogP contribution in [0.1, 0.15) is 18.6 Å². The summed E-state index contributed by atoms with van der Waals surface area (Å²) in [6, 6.07) is 5.40. The van der Waals surface area contributed by atoms with Crippen molar-refractivity contribution in [2.45, 2.75) is 26.4 Å². The first-order chi connectivity index (χ1) is 11.5. The normalized spacial score (nSPS) is 12.2. The lowest BCUT2D eigenvalue weighted by Gasteiger charge is -2.08. The summed E-state index contributed by atoms with van der Waals surface area (Å²) in [6.45, 7) is 3.76. The van der Waals surface area contributed by atoms with Crippen molar-refractivity contribution in [3.05, 3.63) is 52.8 Å². The van der Waals surface area contributed by atoms with E-state index in [0.717, 1.165) is 0 Å². The van der Waals surface area contributed by atoms with Gasteiger partial charge in [-0.05, 0) is 26.0 Å². The maximum atomic E-state index is 12.6. The zero-order valence-electron chi connectivity index (χ0n) is 13.7. The lowest BCUT2D eigenvalue weighted by molar-refractivity contribution is 0.0884. The summed E-state index contributed by atoms with van der Waals surface area (Å²) in [5.74, 6) is -0.262. The van der Waals surface area contributed by atoms with Gasteiger partial charge >= 0.3 is 0 Å². The molecule has 3 rings (SSSR count). The molecule has 3 heterocycles. The summed E-state index contributed by atoms with van der Waals surface area (Å²) in [5, 5.41) is 4.40. The zero-order chi connectivity index (χ0) is 17.3. The number of hydrogen-bond acceptors (Lipinski definition) is 5. The number of carbonyl (C=O) groups excluding carboxylic acids is 1. The molecule has 0 aliphatic carbocycles. The van der Waals surface area contributed by atoms with Crippen molar-refractivity contribution in [2.75, 3.05) is 0 Å². The van der Waals surface area contributed by atoms with Crippen molar-refractivity contribution in [3.63, 3.8) is 0 Å². The molecule has 0 N–H and O–H groups in total. The Hall–Kier alpha value is -3.03. The van der Waals surface area contributed by atoms with Crippen molar-refractivity contribution in [2.24, 2.45) is 12.0 Å². The fourth-order valence-electron chi connectivity index (χ4n) is 2.42. The number of hydrogen-bond donors (Lipinski definition) is 0. The molecule has 0 saturated carbocycles. The number of carbonyl (C=O) groups is 1. The van der Waals surface area contributed by atoms with Gasteiger partial charge in [-0.3, -0.25) is 28.4 Å². The van der Waals surface area contributed by atoms with E-state index in [9.17, 15) is 9.59 Å². The third kappa shape index (κ3) is 2.90. The second-order valence-electron chi connectivity index (χ2n) is 5.73. The van der Waals surface area contributed by atoms with Gasteiger partial charge in [0.2, 0.25) is 0 Å². The van der Waals surface area contributed by atoms with Crippen LogP contribution in [0.2, 0.25) is 0 Å². The second kappa shape index (κ2) is 6.23. The summed E-state index contributed by atoms with van der Waals surface area (Å²) in [6.07, 6.45) is 4.47. The van der Waals surface area contributed by atoms with E-state index in [1.165, 1.54) is 26.3 Å². The van der Waals surface area contributed by atoms with Crippen LogP contribution in [0.15, 0.2) is 46.7 Å². The minimum absolute atomic E-state index is 0.0579.